The largest absolute Gasteiger partial charge is 0.494 e. The molecule has 2 aromatic carbocycles. The van der Waals surface area contributed by atoms with E-state index in [9.17, 15) is 0 Å². The Morgan fingerprint density at radius 3 is 2.63 bits per heavy atom. The number of hydrogen-bond acceptors (Lipinski definition) is 5. The van der Waals surface area contributed by atoms with Crippen LogP contribution in [0, 0.1) is 0 Å². The van der Waals surface area contributed by atoms with E-state index in [1.807, 2.05) is 67.7 Å². The normalized spacial score (nSPS) is 11.8. The Kier molecular flexibility index (Phi) is 6.29. The first-order valence-corrected chi connectivity index (χ1v) is 10.2. The molecule has 2 heterocycles. The van der Waals surface area contributed by atoms with E-state index < -0.39 is 0 Å². The maximum Gasteiger partial charge on any atom is 0.231 e. The lowest BCUT2D eigenvalue weighted by Crippen LogP contribution is -2.33. The van der Waals surface area contributed by atoms with Crippen molar-refractivity contribution in [3.63, 3.8) is 0 Å². The molecule has 0 aliphatic carbocycles. The van der Waals surface area contributed by atoms with Crippen molar-refractivity contribution in [3.05, 3.63) is 78.1 Å². The second-order valence-electron chi connectivity index (χ2n) is 6.79. The minimum absolute atomic E-state index is 0.260. The van der Waals surface area contributed by atoms with Gasteiger partial charge in [0.15, 0.2) is 16.6 Å². The zero-order valence-corrected chi connectivity index (χ0v) is 17.5. The Hall–Kier alpha value is -3.32. The molecule has 154 valence electrons. The van der Waals surface area contributed by atoms with E-state index in [2.05, 4.69) is 15.2 Å². The van der Waals surface area contributed by atoms with Gasteiger partial charge in [-0.25, -0.2) is 0 Å². The zero-order valence-electron chi connectivity index (χ0n) is 16.7. The predicted molar refractivity (Wildman–Crippen MR) is 120 cm³/mol. The van der Waals surface area contributed by atoms with E-state index in [0.717, 1.165) is 34.1 Å². The Labute approximate surface area is 181 Å². The molecule has 0 fully saturated rings. The van der Waals surface area contributed by atoms with Crippen molar-refractivity contribution in [2.24, 2.45) is 0 Å². The number of fused-ring (bicyclic) bond motifs is 1. The van der Waals surface area contributed by atoms with Gasteiger partial charge in [-0.2, -0.15) is 0 Å². The lowest BCUT2D eigenvalue weighted by molar-refractivity contribution is 0.174. The summed E-state index contributed by atoms with van der Waals surface area (Å²) in [5, 5.41) is 3.96. The summed E-state index contributed by atoms with van der Waals surface area (Å²) in [6, 6.07) is 17.7. The van der Waals surface area contributed by atoms with Crippen molar-refractivity contribution in [1.29, 1.82) is 0 Å². The molecule has 0 spiro atoms. The molecule has 0 saturated carbocycles. The van der Waals surface area contributed by atoms with Gasteiger partial charge >= 0.3 is 0 Å². The number of rotatable bonds is 7. The van der Waals surface area contributed by atoms with E-state index in [0.29, 0.717) is 24.8 Å². The summed E-state index contributed by atoms with van der Waals surface area (Å²) >= 11 is 5.75. The molecule has 1 aliphatic rings. The van der Waals surface area contributed by atoms with Crippen LogP contribution in [-0.2, 0) is 13.1 Å². The average Bonchev–Trinajstić information content (AvgIpc) is 3.23. The van der Waals surface area contributed by atoms with E-state index in [4.69, 9.17) is 26.4 Å². The molecule has 1 N–H and O–H groups in total. The van der Waals surface area contributed by atoms with Gasteiger partial charge in [-0.1, -0.05) is 12.1 Å². The van der Waals surface area contributed by atoms with E-state index in [1.165, 1.54) is 0 Å². The molecule has 4 rings (SSSR count). The Morgan fingerprint density at radius 1 is 1.07 bits per heavy atom. The second kappa shape index (κ2) is 9.45. The number of nitrogens with one attached hydrogen (secondary N) is 1. The SMILES string of the molecule is CCOc1ccc(NC(=S)N(Cc2cccnc2)Cc2ccc3c(c2)OCO3)cc1. The first kappa shape index (κ1) is 20.0. The van der Waals surface area contributed by atoms with Crippen LogP contribution in [0.5, 0.6) is 17.2 Å². The lowest BCUT2D eigenvalue weighted by atomic mass is 10.1. The highest BCUT2D eigenvalue weighted by Crippen LogP contribution is 2.33. The third kappa shape index (κ3) is 4.99. The van der Waals surface area contributed by atoms with Crippen LogP contribution in [0.4, 0.5) is 5.69 Å². The Morgan fingerprint density at radius 2 is 1.87 bits per heavy atom. The second-order valence-corrected chi connectivity index (χ2v) is 7.18. The summed E-state index contributed by atoms with van der Waals surface area (Å²) in [5.41, 5.74) is 3.07. The highest BCUT2D eigenvalue weighted by Gasteiger charge is 2.16. The third-order valence-corrected chi connectivity index (χ3v) is 4.97. The fourth-order valence-corrected chi connectivity index (χ4v) is 3.42. The molecule has 7 heteroatoms. The molecule has 0 unspecified atom stereocenters. The number of pyridine rings is 1. The zero-order chi connectivity index (χ0) is 20.8. The highest BCUT2D eigenvalue weighted by atomic mass is 32.1. The van der Waals surface area contributed by atoms with Crippen molar-refractivity contribution in [3.8, 4) is 17.2 Å². The van der Waals surface area contributed by atoms with Crippen molar-refractivity contribution >= 4 is 23.0 Å². The summed E-state index contributed by atoms with van der Waals surface area (Å²) in [7, 11) is 0. The molecule has 0 amide bonds. The Balaban J connectivity index is 1.51. The van der Waals surface area contributed by atoms with Crippen molar-refractivity contribution in [1.82, 2.24) is 9.88 Å². The summed E-state index contributed by atoms with van der Waals surface area (Å²) in [6.07, 6.45) is 3.62. The van der Waals surface area contributed by atoms with Gasteiger partial charge in [0, 0.05) is 31.2 Å². The molecule has 0 bridgehead atoms. The number of hydrogen-bond donors (Lipinski definition) is 1. The van der Waals surface area contributed by atoms with E-state index in [1.54, 1.807) is 6.20 Å². The van der Waals surface area contributed by atoms with Gasteiger partial charge in [0.05, 0.1) is 6.61 Å². The highest BCUT2D eigenvalue weighted by molar-refractivity contribution is 7.80. The summed E-state index contributed by atoms with van der Waals surface area (Å²) < 4.78 is 16.4. The fourth-order valence-electron chi connectivity index (χ4n) is 3.17. The van der Waals surface area contributed by atoms with Crippen molar-refractivity contribution in [2.75, 3.05) is 18.7 Å². The standard InChI is InChI=1S/C23H23N3O3S/c1-2-27-20-8-6-19(7-9-20)25-23(30)26(15-18-4-3-11-24-13-18)14-17-5-10-21-22(12-17)29-16-28-21/h3-13H,2,14-16H2,1H3,(H,25,30). The van der Waals surface area contributed by atoms with Crippen LogP contribution in [0.25, 0.3) is 0 Å². The Bertz CT molecular complexity index is 996. The number of aromatic nitrogens is 1. The minimum Gasteiger partial charge on any atom is -0.494 e. The van der Waals surface area contributed by atoms with Gasteiger partial charge in [0.25, 0.3) is 0 Å². The van der Waals surface area contributed by atoms with Gasteiger partial charge < -0.3 is 24.4 Å². The first-order valence-electron chi connectivity index (χ1n) is 9.77. The molecule has 1 aromatic heterocycles. The van der Waals surface area contributed by atoms with Crippen LogP contribution in [0.3, 0.4) is 0 Å². The van der Waals surface area contributed by atoms with Gasteiger partial charge in [-0.15, -0.1) is 0 Å². The number of nitrogens with zero attached hydrogens (tertiary/aromatic N) is 2. The van der Waals surface area contributed by atoms with E-state index in [-0.39, 0.29) is 6.79 Å². The fraction of sp³-hybridized carbons (Fsp3) is 0.217. The smallest absolute Gasteiger partial charge is 0.231 e. The molecular weight excluding hydrogens is 398 g/mol. The number of thiocarbonyl (C=S) groups is 1. The molecule has 30 heavy (non-hydrogen) atoms. The molecule has 0 saturated heterocycles. The molecular formula is C23H23N3O3S. The van der Waals surface area contributed by atoms with Crippen molar-refractivity contribution < 1.29 is 14.2 Å². The molecule has 1 aliphatic heterocycles. The third-order valence-electron chi connectivity index (χ3n) is 4.61. The monoisotopic (exact) mass is 421 g/mol. The summed E-state index contributed by atoms with van der Waals surface area (Å²) in [5.74, 6) is 2.37. The van der Waals surface area contributed by atoms with Gasteiger partial charge in [0.1, 0.15) is 5.75 Å². The first-order chi connectivity index (χ1) is 14.7. The molecule has 6 nitrogen and oxygen atoms in total. The van der Waals surface area contributed by atoms with Gasteiger partial charge in [-0.3, -0.25) is 4.98 Å². The summed E-state index contributed by atoms with van der Waals surface area (Å²) in [4.78, 5) is 6.32. The van der Waals surface area contributed by atoms with Crippen LogP contribution < -0.4 is 19.5 Å². The topological polar surface area (TPSA) is 55.9 Å². The van der Waals surface area contributed by atoms with Crippen LogP contribution in [0.1, 0.15) is 18.1 Å². The molecule has 3 aromatic rings. The number of anilines is 1. The van der Waals surface area contributed by atoms with Crippen LogP contribution >= 0.6 is 12.2 Å². The van der Waals surface area contributed by atoms with Crippen LogP contribution in [-0.4, -0.2) is 28.4 Å². The van der Waals surface area contributed by atoms with Gasteiger partial charge in [0.2, 0.25) is 6.79 Å². The predicted octanol–water partition coefficient (Wildman–Crippen LogP) is 4.61. The van der Waals surface area contributed by atoms with E-state index >= 15 is 0 Å². The van der Waals surface area contributed by atoms with Crippen molar-refractivity contribution in [2.45, 2.75) is 20.0 Å². The minimum atomic E-state index is 0.260. The maximum absolute atomic E-state index is 5.75. The van der Waals surface area contributed by atoms with Crippen LogP contribution in [0.2, 0.25) is 0 Å². The number of ether oxygens (including phenoxy) is 3. The average molecular weight is 422 g/mol. The molecule has 0 radical (unpaired) electrons. The lowest BCUT2D eigenvalue weighted by Gasteiger charge is -2.26. The molecule has 0 atom stereocenters. The number of benzene rings is 2. The maximum atomic E-state index is 5.75. The quantitative estimate of drug-likeness (QED) is 0.559. The van der Waals surface area contributed by atoms with Gasteiger partial charge in [-0.05, 0) is 72.7 Å². The summed E-state index contributed by atoms with van der Waals surface area (Å²) in [6.45, 7) is 4.11. The van der Waals surface area contributed by atoms with Crippen LogP contribution in [0.15, 0.2) is 67.0 Å².